The minimum absolute atomic E-state index is 0.0453. The highest BCUT2D eigenvalue weighted by Gasteiger charge is 2.28. The summed E-state index contributed by atoms with van der Waals surface area (Å²) in [6, 6.07) is 0. The Bertz CT molecular complexity index is 325. The Hall–Kier alpha value is -0.400. The van der Waals surface area contributed by atoms with Crippen LogP contribution in [0.1, 0.15) is 6.92 Å². The molecular weight excluding hydrogens is 274 g/mol. The maximum atomic E-state index is 11.4. The second kappa shape index (κ2) is 5.47. The van der Waals surface area contributed by atoms with Crippen LogP contribution in [0.15, 0.2) is 11.1 Å². The normalized spacial score (nSPS) is 13.4. The van der Waals surface area contributed by atoms with Crippen molar-refractivity contribution < 1.29 is 17.9 Å². The van der Waals surface area contributed by atoms with Gasteiger partial charge in [0.25, 0.3) is 0 Å². The van der Waals surface area contributed by atoms with Gasteiger partial charge in [0, 0.05) is 11.0 Å². The van der Waals surface area contributed by atoms with Crippen molar-refractivity contribution in [3.05, 3.63) is 11.1 Å². The van der Waals surface area contributed by atoms with Gasteiger partial charge >= 0.3 is 5.97 Å². The molecule has 0 bridgehead atoms. The minimum atomic E-state index is -3.68. The Balaban J connectivity index is 4.47. The fourth-order valence-electron chi connectivity index (χ4n) is 0.597. The second-order valence-corrected chi connectivity index (χ2v) is 5.76. The van der Waals surface area contributed by atoms with Crippen molar-refractivity contribution in [2.24, 2.45) is 0 Å². The molecule has 0 radical (unpaired) electrons. The molecule has 0 aromatic heterocycles. The summed E-state index contributed by atoms with van der Waals surface area (Å²) in [4.78, 5) is 10.9. The van der Waals surface area contributed by atoms with Crippen LogP contribution in [0.4, 0.5) is 0 Å². The van der Waals surface area contributed by atoms with Gasteiger partial charge in [0.2, 0.25) is 10.0 Å². The van der Waals surface area contributed by atoms with E-state index in [0.29, 0.717) is 4.48 Å². The molecule has 1 atom stereocenters. The number of methoxy groups -OCH3 is 1. The number of carbonyl (C=O) groups is 1. The number of rotatable bonds is 5. The molecule has 0 saturated carbocycles. The van der Waals surface area contributed by atoms with Gasteiger partial charge in [0.1, 0.15) is 0 Å². The summed E-state index contributed by atoms with van der Waals surface area (Å²) in [7, 11) is -2.55. The fraction of sp³-hybridized carbons (Fsp3) is 0.571. The molecule has 7 heteroatoms. The average Bonchev–Trinajstić information content (AvgIpc) is 2.12. The highest BCUT2D eigenvalue weighted by molar-refractivity contribution is 9.11. The average molecular weight is 286 g/mol. The van der Waals surface area contributed by atoms with Crippen LogP contribution in [-0.2, 0) is 19.6 Å². The zero-order valence-corrected chi connectivity index (χ0v) is 10.3. The summed E-state index contributed by atoms with van der Waals surface area (Å²) < 4.78 is 29.7. The van der Waals surface area contributed by atoms with Crippen LogP contribution in [-0.4, -0.2) is 33.3 Å². The molecule has 0 aliphatic heterocycles. The zero-order chi connectivity index (χ0) is 11.4. The first-order chi connectivity index (χ1) is 6.31. The maximum absolute atomic E-state index is 11.4. The molecule has 0 fully saturated rings. The van der Waals surface area contributed by atoms with Gasteiger partial charge in [-0.25, -0.2) is 13.1 Å². The molecule has 0 aromatic carbocycles. The van der Waals surface area contributed by atoms with Crippen LogP contribution >= 0.6 is 15.9 Å². The third kappa shape index (κ3) is 4.21. The van der Waals surface area contributed by atoms with Gasteiger partial charge in [-0.15, -0.1) is 0 Å². The first-order valence-electron chi connectivity index (χ1n) is 3.71. The van der Waals surface area contributed by atoms with E-state index in [1.807, 2.05) is 0 Å². The Morgan fingerprint density at radius 1 is 1.64 bits per heavy atom. The van der Waals surface area contributed by atoms with Crippen molar-refractivity contribution in [2.45, 2.75) is 12.2 Å². The van der Waals surface area contributed by atoms with Crippen LogP contribution in [0.3, 0.4) is 0 Å². The summed E-state index contributed by atoms with van der Waals surface area (Å²) in [5, 5.41) is -1.22. The van der Waals surface area contributed by atoms with E-state index in [9.17, 15) is 13.2 Å². The van der Waals surface area contributed by atoms with Gasteiger partial charge in [-0.2, -0.15) is 0 Å². The predicted molar refractivity (Wildman–Crippen MR) is 56.5 cm³/mol. The van der Waals surface area contributed by atoms with Crippen molar-refractivity contribution >= 4 is 31.9 Å². The molecule has 1 unspecified atom stereocenters. The van der Waals surface area contributed by atoms with E-state index >= 15 is 0 Å². The van der Waals surface area contributed by atoms with E-state index in [1.165, 1.54) is 6.92 Å². The van der Waals surface area contributed by atoms with Gasteiger partial charge in [0.15, 0.2) is 5.25 Å². The predicted octanol–water partition coefficient (Wildman–Crippen LogP) is 0.376. The van der Waals surface area contributed by atoms with Crippen LogP contribution in [0.25, 0.3) is 0 Å². The number of halogens is 1. The van der Waals surface area contributed by atoms with E-state index in [2.05, 4.69) is 32.0 Å². The fourth-order valence-corrected chi connectivity index (χ4v) is 1.90. The molecule has 5 nitrogen and oxygen atoms in total. The summed E-state index contributed by atoms with van der Waals surface area (Å²) in [6.45, 7) is 4.76. The van der Waals surface area contributed by atoms with Crippen LogP contribution in [0.2, 0.25) is 0 Å². The van der Waals surface area contributed by atoms with E-state index in [0.717, 1.165) is 7.11 Å². The SMILES string of the molecule is C=C(Br)CNS(=O)(=O)C(C)C(=O)OC. The monoisotopic (exact) mass is 285 g/mol. The Kier molecular flexibility index (Phi) is 5.32. The molecule has 14 heavy (non-hydrogen) atoms. The molecule has 0 heterocycles. The maximum Gasteiger partial charge on any atom is 0.325 e. The smallest absolute Gasteiger partial charge is 0.325 e. The highest BCUT2D eigenvalue weighted by atomic mass is 79.9. The third-order valence-electron chi connectivity index (χ3n) is 1.46. The molecule has 0 aromatic rings. The summed E-state index contributed by atoms with van der Waals surface area (Å²) in [6.07, 6.45) is 0. The van der Waals surface area contributed by atoms with E-state index in [1.54, 1.807) is 0 Å². The summed E-state index contributed by atoms with van der Waals surface area (Å²) in [5.74, 6) is -0.794. The number of nitrogens with one attached hydrogen (secondary N) is 1. The topological polar surface area (TPSA) is 72.5 Å². The van der Waals surface area contributed by atoms with Gasteiger partial charge in [-0.05, 0) is 6.92 Å². The van der Waals surface area contributed by atoms with Gasteiger partial charge in [0.05, 0.1) is 7.11 Å². The minimum Gasteiger partial charge on any atom is -0.468 e. The molecular formula is C7H12BrNO4S. The first-order valence-corrected chi connectivity index (χ1v) is 6.04. The van der Waals surface area contributed by atoms with Gasteiger partial charge in [-0.3, -0.25) is 4.79 Å². The van der Waals surface area contributed by atoms with Crippen LogP contribution in [0.5, 0.6) is 0 Å². The van der Waals surface area contributed by atoms with Crippen molar-refractivity contribution in [3.8, 4) is 0 Å². The Morgan fingerprint density at radius 2 is 2.14 bits per heavy atom. The number of sulfonamides is 1. The lowest BCUT2D eigenvalue weighted by molar-refractivity contribution is -0.139. The summed E-state index contributed by atoms with van der Waals surface area (Å²) >= 11 is 2.99. The first kappa shape index (κ1) is 13.6. The lowest BCUT2D eigenvalue weighted by atomic mass is 10.5. The van der Waals surface area contributed by atoms with Crippen molar-refractivity contribution in [2.75, 3.05) is 13.7 Å². The van der Waals surface area contributed by atoms with Crippen LogP contribution in [0, 0.1) is 0 Å². The third-order valence-corrected chi connectivity index (χ3v) is 3.41. The molecule has 0 aliphatic rings. The zero-order valence-electron chi connectivity index (χ0n) is 7.91. The number of ether oxygens (including phenoxy) is 1. The molecule has 0 spiro atoms. The molecule has 82 valence electrons. The largest absolute Gasteiger partial charge is 0.468 e. The molecule has 0 rings (SSSR count). The molecule has 0 amide bonds. The number of carbonyl (C=O) groups excluding carboxylic acids is 1. The Labute approximate surface area is 91.7 Å². The van der Waals surface area contributed by atoms with Gasteiger partial charge in [-0.1, -0.05) is 22.5 Å². The van der Waals surface area contributed by atoms with Crippen molar-refractivity contribution in [3.63, 3.8) is 0 Å². The van der Waals surface area contributed by atoms with E-state index < -0.39 is 21.2 Å². The van der Waals surface area contributed by atoms with Crippen LogP contribution < -0.4 is 4.72 Å². The second-order valence-electron chi connectivity index (χ2n) is 2.55. The lowest BCUT2D eigenvalue weighted by Crippen LogP contribution is -2.38. The van der Waals surface area contributed by atoms with Crippen molar-refractivity contribution in [1.82, 2.24) is 4.72 Å². The highest BCUT2D eigenvalue weighted by Crippen LogP contribution is 2.03. The molecule has 0 aliphatic carbocycles. The van der Waals surface area contributed by atoms with Crippen molar-refractivity contribution in [1.29, 1.82) is 0 Å². The molecule has 1 N–H and O–H groups in total. The molecule has 0 saturated heterocycles. The quantitative estimate of drug-likeness (QED) is 0.741. The number of hydrogen-bond donors (Lipinski definition) is 1. The summed E-state index contributed by atoms with van der Waals surface area (Å²) in [5.41, 5.74) is 0. The standard InChI is InChI=1S/C7H12BrNO4S/c1-5(8)4-9-14(11,12)6(2)7(10)13-3/h6,9H,1,4H2,2-3H3. The van der Waals surface area contributed by atoms with Gasteiger partial charge < -0.3 is 4.74 Å². The number of esters is 1. The Morgan fingerprint density at radius 3 is 2.50 bits per heavy atom. The van der Waals surface area contributed by atoms with E-state index in [4.69, 9.17) is 0 Å². The van der Waals surface area contributed by atoms with E-state index in [-0.39, 0.29) is 6.54 Å². The number of hydrogen-bond acceptors (Lipinski definition) is 4. The lowest BCUT2D eigenvalue weighted by Gasteiger charge is -2.11.